The molecular weight excluding hydrogens is 464 g/mol. The van der Waals surface area contributed by atoms with Gasteiger partial charge in [0.05, 0.1) is 31.5 Å². The van der Waals surface area contributed by atoms with Crippen molar-refractivity contribution in [2.75, 3.05) is 13.2 Å². The van der Waals surface area contributed by atoms with Crippen molar-refractivity contribution in [3.05, 3.63) is 94.0 Å². The highest BCUT2D eigenvalue weighted by molar-refractivity contribution is 6.31. The van der Waals surface area contributed by atoms with Crippen molar-refractivity contribution in [2.45, 2.75) is 56.5 Å². The Morgan fingerprint density at radius 1 is 0.971 bits per heavy atom. The van der Waals surface area contributed by atoms with Gasteiger partial charge in [0.1, 0.15) is 17.6 Å². The van der Waals surface area contributed by atoms with E-state index in [2.05, 4.69) is 18.2 Å². The third kappa shape index (κ3) is 5.99. The van der Waals surface area contributed by atoms with Gasteiger partial charge in [-0.2, -0.15) is 0 Å². The van der Waals surface area contributed by atoms with Crippen molar-refractivity contribution < 1.29 is 24.4 Å². The number of aliphatic hydroxyl groups excluding tert-OH is 2. The Morgan fingerprint density at radius 2 is 1.80 bits per heavy atom. The maximum atomic E-state index is 10.2. The first kappa shape index (κ1) is 24.1. The van der Waals surface area contributed by atoms with Crippen LogP contribution >= 0.6 is 11.6 Å². The molecule has 6 heteroatoms. The number of aliphatic hydroxyl groups is 2. The summed E-state index contributed by atoms with van der Waals surface area (Å²) >= 11 is 6.50. The first-order valence-corrected chi connectivity index (χ1v) is 12.6. The van der Waals surface area contributed by atoms with Gasteiger partial charge >= 0.3 is 0 Å². The third-order valence-electron chi connectivity index (χ3n) is 6.76. The number of hydrogen-bond donors (Lipinski definition) is 2. The van der Waals surface area contributed by atoms with E-state index in [-0.39, 0.29) is 24.9 Å². The Labute approximate surface area is 211 Å². The molecule has 0 bridgehead atoms. The van der Waals surface area contributed by atoms with Crippen molar-refractivity contribution in [1.29, 1.82) is 0 Å². The maximum absolute atomic E-state index is 10.2. The molecule has 2 N–H and O–H groups in total. The SMILES string of the molecule is OCC1CC(O)CC(c2ccc(Cl)c(Cc3ccc(OCCC4Cc5ccccc5O4)cc3)c2)O1. The van der Waals surface area contributed by atoms with Gasteiger partial charge in [0.25, 0.3) is 0 Å². The van der Waals surface area contributed by atoms with E-state index in [9.17, 15) is 10.2 Å². The van der Waals surface area contributed by atoms with Crippen LogP contribution in [0.2, 0.25) is 5.02 Å². The standard InChI is InChI=1S/C29H31ClO5/c30-27-10-7-21(29-17-23(32)16-26(18-31)35-29)14-22(27)13-19-5-8-24(9-6-19)33-12-11-25-15-20-3-1-2-4-28(20)34-25/h1-10,14,23,25-26,29,31-32H,11-13,15-18H2. The highest BCUT2D eigenvalue weighted by Gasteiger charge is 2.29. The Hall–Kier alpha value is -2.57. The molecule has 1 fully saturated rings. The van der Waals surface area contributed by atoms with Crippen LogP contribution in [0.25, 0.3) is 0 Å². The Bertz CT molecular complexity index is 1110. The van der Waals surface area contributed by atoms with Gasteiger partial charge < -0.3 is 24.4 Å². The van der Waals surface area contributed by atoms with Crippen molar-refractivity contribution in [1.82, 2.24) is 0 Å². The second-order valence-corrected chi connectivity index (χ2v) is 9.82. The molecule has 4 unspecified atom stereocenters. The van der Waals surface area contributed by atoms with E-state index in [0.717, 1.165) is 41.0 Å². The van der Waals surface area contributed by atoms with Crippen LogP contribution in [0.3, 0.4) is 0 Å². The molecule has 2 heterocycles. The number of halogens is 1. The van der Waals surface area contributed by atoms with Crippen LogP contribution in [0.4, 0.5) is 0 Å². The number of fused-ring (bicyclic) bond motifs is 1. The molecule has 0 aromatic heterocycles. The molecule has 35 heavy (non-hydrogen) atoms. The van der Waals surface area contributed by atoms with Gasteiger partial charge in [-0.25, -0.2) is 0 Å². The summed E-state index contributed by atoms with van der Waals surface area (Å²) < 4.78 is 17.9. The molecule has 0 amide bonds. The zero-order valence-corrected chi connectivity index (χ0v) is 20.4. The Kier molecular flexibility index (Phi) is 7.59. The van der Waals surface area contributed by atoms with Crippen LogP contribution in [-0.2, 0) is 17.6 Å². The predicted molar refractivity (Wildman–Crippen MR) is 135 cm³/mol. The minimum absolute atomic E-state index is 0.0935. The number of rotatable bonds is 8. The first-order chi connectivity index (χ1) is 17.1. The smallest absolute Gasteiger partial charge is 0.123 e. The van der Waals surface area contributed by atoms with Gasteiger partial charge in [-0.1, -0.05) is 54.1 Å². The highest BCUT2D eigenvalue weighted by Crippen LogP contribution is 2.34. The van der Waals surface area contributed by atoms with Crippen LogP contribution < -0.4 is 9.47 Å². The summed E-state index contributed by atoms with van der Waals surface area (Å²) in [7, 11) is 0. The molecule has 2 aliphatic heterocycles. The summed E-state index contributed by atoms with van der Waals surface area (Å²) in [5, 5.41) is 20.3. The quantitative estimate of drug-likeness (QED) is 0.446. The molecule has 5 nitrogen and oxygen atoms in total. The lowest BCUT2D eigenvalue weighted by atomic mass is 9.94. The molecule has 3 aromatic carbocycles. The zero-order valence-electron chi connectivity index (χ0n) is 19.6. The molecule has 0 aliphatic carbocycles. The van der Waals surface area contributed by atoms with Crippen LogP contribution in [0.5, 0.6) is 11.5 Å². The van der Waals surface area contributed by atoms with Gasteiger partial charge in [-0.05, 0) is 52.9 Å². The lowest BCUT2D eigenvalue weighted by Crippen LogP contribution is -2.33. The lowest BCUT2D eigenvalue weighted by molar-refractivity contribution is -0.113. The monoisotopic (exact) mass is 494 g/mol. The largest absolute Gasteiger partial charge is 0.493 e. The van der Waals surface area contributed by atoms with Gasteiger partial charge in [0, 0.05) is 30.7 Å². The Balaban J connectivity index is 1.15. The van der Waals surface area contributed by atoms with E-state index in [4.69, 9.17) is 25.8 Å². The molecule has 0 radical (unpaired) electrons. The normalized spacial score (nSPS) is 23.5. The molecular formula is C29H31ClO5. The fourth-order valence-corrected chi connectivity index (χ4v) is 5.08. The van der Waals surface area contributed by atoms with Gasteiger partial charge in [0.15, 0.2) is 0 Å². The number of para-hydroxylation sites is 1. The minimum Gasteiger partial charge on any atom is -0.493 e. The van der Waals surface area contributed by atoms with Gasteiger partial charge in [-0.15, -0.1) is 0 Å². The molecule has 4 atom stereocenters. The summed E-state index contributed by atoms with van der Waals surface area (Å²) in [5.74, 6) is 1.83. The summed E-state index contributed by atoms with van der Waals surface area (Å²) in [6, 6.07) is 22.2. The summed E-state index contributed by atoms with van der Waals surface area (Å²) in [6.07, 6.45) is 2.53. The summed E-state index contributed by atoms with van der Waals surface area (Å²) in [5.41, 5.74) is 4.37. The van der Waals surface area contributed by atoms with Crippen LogP contribution in [0.1, 0.15) is 47.6 Å². The van der Waals surface area contributed by atoms with Crippen LogP contribution in [-0.4, -0.2) is 41.7 Å². The maximum Gasteiger partial charge on any atom is 0.123 e. The Morgan fingerprint density at radius 3 is 2.60 bits per heavy atom. The molecule has 0 saturated carbocycles. The van der Waals surface area contributed by atoms with E-state index < -0.39 is 6.10 Å². The van der Waals surface area contributed by atoms with Crippen molar-refractivity contribution in [2.24, 2.45) is 0 Å². The molecule has 1 saturated heterocycles. The first-order valence-electron chi connectivity index (χ1n) is 12.3. The number of hydrogen-bond acceptors (Lipinski definition) is 5. The molecule has 5 rings (SSSR count). The average molecular weight is 495 g/mol. The lowest BCUT2D eigenvalue weighted by Gasteiger charge is -2.32. The van der Waals surface area contributed by atoms with Gasteiger partial charge in [0.2, 0.25) is 0 Å². The fraction of sp³-hybridized carbons (Fsp3) is 0.379. The van der Waals surface area contributed by atoms with Crippen molar-refractivity contribution in [3.63, 3.8) is 0 Å². The highest BCUT2D eigenvalue weighted by atomic mass is 35.5. The fourth-order valence-electron chi connectivity index (χ4n) is 4.90. The van der Waals surface area contributed by atoms with E-state index in [0.29, 0.717) is 30.9 Å². The molecule has 3 aromatic rings. The molecule has 2 aliphatic rings. The molecule has 0 spiro atoms. The summed E-state index contributed by atoms with van der Waals surface area (Å²) in [6.45, 7) is 0.512. The predicted octanol–water partition coefficient (Wildman–Crippen LogP) is 5.28. The zero-order chi connectivity index (χ0) is 24.2. The van der Waals surface area contributed by atoms with E-state index in [1.165, 1.54) is 5.56 Å². The van der Waals surface area contributed by atoms with Crippen molar-refractivity contribution >= 4 is 11.6 Å². The second kappa shape index (κ2) is 11.0. The van der Waals surface area contributed by atoms with Crippen LogP contribution in [0, 0.1) is 0 Å². The summed E-state index contributed by atoms with van der Waals surface area (Å²) in [4.78, 5) is 0. The topological polar surface area (TPSA) is 68.2 Å². The third-order valence-corrected chi connectivity index (χ3v) is 7.13. The average Bonchev–Trinajstić information content (AvgIpc) is 3.29. The van der Waals surface area contributed by atoms with E-state index >= 15 is 0 Å². The van der Waals surface area contributed by atoms with Crippen LogP contribution in [0.15, 0.2) is 66.7 Å². The van der Waals surface area contributed by atoms with E-state index in [1.807, 2.05) is 48.5 Å². The van der Waals surface area contributed by atoms with Gasteiger partial charge in [-0.3, -0.25) is 0 Å². The van der Waals surface area contributed by atoms with E-state index in [1.54, 1.807) is 0 Å². The molecule has 184 valence electrons. The second-order valence-electron chi connectivity index (χ2n) is 9.41. The number of benzene rings is 3. The van der Waals surface area contributed by atoms with Crippen molar-refractivity contribution in [3.8, 4) is 11.5 Å². The minimum atomic E-state index is -0.479. The number of ether oxygens (including phenoxy) is 3.